The van der Waals surface area contributed by atoms with E-state index in [4.69, 9.17) is 9.47 Å². The maximum Gasteiger partial charge on any atom is 0.127 e. The Labute approximate surface area is 145 Å². The highest BCUT2D eigenvalue weighted by Crippen LogP contribution is 2.29. The van der Waals surface area contributed by atoms with Crippen LogP contribution in [0.3, 0.4) is 0 Å². The molecule has 1 aliphatic rings. The molecule has 128 valence electrons. The molecule has 0 bridgehead atoms. The van der Waals surface area contributed by atoms with Gasteiger partial charge in [0.15, 0.2) is 0 Å². The Morgan fingerprint density at radius 1 is 0.750 bits per heavy atom. The lowest BCUT2D eigenvalue weighted by atomic mass is 10.1. The van der Waals surface area contributed by atoms with E-state index in [1.54, 1.807) is 4.90 Å². The Hall–Kier alpha value is -1.84. The summed E-state index contributed by atoms with van der Waals surface area (Å²) in [5.74, 6) is 0.925. The van der Waals surface area contributed by atoms with Gasteiger partial charge in [-0.2, -0.15) is 0 Å². The van der Waals surface area contributed by atoms with Gasteiger partial charge < -0.3 is 14.4 Å². The number of likely N-dealkylation sites (tertiary alicyclic amines) is 1. The molecule has 0 amide bonds. The number of quaternary nitrogens is 1. The number of rotatable bonds is 8. The summed E-state index contributed by atoms with van der Waals surface area (Å²) in [6, 6.07) is 18.6. The predicted molar refractivity (Wildman–Crippen MR) is 97.6 cm³/mol. The number of para-hydroxylation sites is 1. The van der Waals surface area contributed by atoms with E-state index in [1.807, 2.05) is 24.3 Å². The highest BCUT2D eigenvalue weighted by molar-refractivity contribution is 5.70. The van der Waals surface area contributed by atoms with Gasteiger partial charge in [-0.3, -0.25) is 0 Å². The third-order valence-electron chi connectivity index (χ3n) is 4.62. The van der Waals surface area contributed by atoms with Crippen LogP contribution in [0, 0.1) is 0 Å². The van der Waals surface area contributed by atoms with E-state index in [2.05, 4.69) is 30.3 Å². The van der Waals surface area contributed by atoms with Crippen molar-refractivity contribution in [2.75, 3.05) is 39.5 Å². The summed E-state index contributed by atoms with van der Waals surface area (Å²) in [6.45, 7) is 5.82. The molecular formula is C21H28NO2+. The van der Waals surface area contributed by atoms with Crippen LogP contribution in [0.15, 0.2) is 54.6 Å². The van der Waals surface area contributed by atoms with E-state index in [0.717, 1.165) is 24.5 Å². The summed E-state index contributed by atoms with van der Waals surface area (Å²) in [7, 11) is 0. The quantitative estimate of drug-likeness (QED) is 0.754. The van der Waals surface area contributed by atoms with Crippen molar-refractivity contribution >= 4 is 0 Å². The average Bonchev–Trinajstić information content (AvgIpc) is 2.66. The number of benzene rings is 2. The van der Waals surface area contributed by atoms with Crippen LogP contribution in [0.25, 0.3) is 11.1 Å². The number of ether oxygens (including phenoxy) is 2. The number of hydrogen-bond acceptors (Lipinski definition) is 2. The molecule has 2 aromatic carbocycles. The third-order valence-corrected chi connectivity index (χ3v) is 4.62. The van der Waals surface area contributed by atoms with E-state index in [-0.39, 0.29) is 0 Å². The zero-order chi connectivity index (χ0) is 16.5. The Kier molecular flexibility index (Phi) is 6.70. The second kappa shape index (κ2) is 9.45. The highest BCUT2D eigenvalue weighted by Gasteiger charge is 2.12. The first-order valence-electron chi connectivity index (χ1n) is 9.12. The largest absolute Gasteiger partial charge is 0.491 e. The fourth-order valence-electron chi connectivity index (χ4n) is 3.28. The lowest BCUT2D eigenvalue weighted by Gasteiger charge is -2.23. The van der Waals surface area contributed by atoms with E-state index in [0.29, 0.717) is 13.2 Å². The molecular weight excluding hydrogens is 298 g/mol. The lowest BCUT2D eigenvalue weighted by Crippen LogP contribution is -3.13. The van der Waals surface area contributed by atoms with E-state index >= 15 is 0 Å². The van der Waals surface area contributed by atoms with Gasteiger partial charge in [0.25, 0.3) is 0 Å². The summed E-state index contributed by atoms with van der Waals surface area (Å²) in [5, 5.41) is 0. The van der Waals surface area contributed by atoms with E-state index in [1.165, 1.54) is 37.9 Å². The summed E-state index contributed by atoms with van der Waals surface area (Å²) in [6.07, 6.45) is 4.14. The lowest BCUT2D eigenvalue weighted by molar-refractivity contribution is -0.905. The van der Waals surface area contributed by atoms with Crippen molar-refractivity contribution in [3.63, 3.8) is 0 Å². The molecule has 3 rings (SSSR count). The molecule has 0 unspecified atom stereocenters. The molecule has 0 atom stereocenters. The number of hydrogen-bond donors (Lipinski definition) is 1. The van der Waals surface area contributed by atoms with Gasteiger partial charge >= 0.3 is 0 Å². The molecule has 0 radical (unpaired) electrons. The molecule has 0 aliphatic carbocycles. The van der Waals surface area contributed by atoms with Crippen molar-refractivity contribution in [2.45, 2.75) is 19.3 Å². The normalized spacial score (nSPS) is 15.3. The summed E-state index contributed by atoms with van der Waals surface area (Å²) >= 11 is 0. The SMILES string of the molecule is c1ccc(-c2ccccc2OCCOCC[NH+]2CCCCC2)cc1. The van der Waals surface area contributed by atoms with Gasteiger partial charge in [0, 0.05) is 5.56 Å². The Morgan fingerprint density at radius 2 is 1.50 bits per heavy atom. The van der Waals surface area contributed by atoms with Gasteiger partial charge in [-0.05, 0) is 30.9 Å². The van der Waals surface area contributed by atoms with Gasteiger partial charge in [0.2, 0.25) is 0 Å². The van der Waals surface area contributed by atoms with Gasteiger partial charge in [0.1, 0.15) is 18.9 Å². The molecule has 1 N–H and O–H groups in total. The zero-order valence-corrected chi connectivity index (χ0v) is 14.4. The first-order chi connectivity index (χ1) is 11.9. The van der Waals surface area contributed by atoms with Crippen LogP contribution in [-0.2, 0) is 4.74 Å². The van der Waals surface area contributed by atoms with Crippen molar-refractivity contribution in [1.29, 1.82) is 0 Å². The summed E-state index contributed by atoms with van der Waals surface area (Å²) < 4.78 is 11.7. The van der Waals surface area contributed by atoms with Crippen LogP contribution in [0.2, 0.25) is 0 Å². The first-order valence-corrected chi connectivity index (χ1v) is 9.12. The maximum absolute atomic E-state index is 5.95. The smallest absolute Gasteiger partial charge is 0.127 e. The van der Waals surface area contributed by atoms with Crippen LogP contribution in [-0.4, -0.2) is 39.5 Å². The van der Waals surface area contributed by atoms with Gasteiger partial charge in [-0.1, -0.05) is 48.5 Å². The maximum atomic E-state index is 5.95. The molecule has 1 saturated heterocycles. The molecule has 2 aromatic rings. The molecule has 0 aromatic heterocycles. The third kappa shape index (κ3) is 5.08. The minimum absolute atomic E-state index is 0.596. The summed E-state index contributed by atoms with van der Waals surface area (Å²) in [4.78, 5) is 1.69. The topological polar surface area (TPSA) is 22.9 Å². The Bertz CT molecular complexity index is 594. The van der Waals surface area contributed by atoms with E-state index < -0.39 is 0 Å². The van der Waals surface area contributed by atoms with Crippen LogP contribution in [0.1, 0.15) is 19.3 Å². The van der Waals surface area contributed by atoms with Gasteiger partial charge in [-0.15, -0.1) is 0 Å². The molecule has 1 fully saturated rings. The average molecular weight is 326 g/mol. The number of piperidine rings is 1. The van der Waals surface area contributed by atoms with Gasteiger partial charge in [0.05, 0.1) is 26.3 Å². The second-order valence-corrected chi connectivity index (χ2v) is 6.38. The molecule has 24 heavy (non-hydrogen) atoms. The minimum Gasteiger partial charge on any atom is -0.491 e. The molecule has 3 heteroatoms. The van der Waals surface area contributed by atoms with Crippen molar-refractivity contribution in [1.82, 2.24) is 0 Å². The van der Waals surface area contributed by atoms with Crippen LogP contribution >= 0.6 is 0 Å². The van der Waals surface area contributed by atoms with Crippen molar-refractivity contribution in [3.8, 4) is 16.9 Å². The van der Waals surface area contributed by atoms with Crippen molar-refractivity contribution in [3.05, 3.63) is 54.6 Å². The van der Waals surface area contributed by atoms with Gasteiger partial charge in [-0.25, -0.2) is 0 Å². The molecule has 1 heterocycles. The molecule has 0 spiro atoms. The van der Waals surface area contributed by atoms with E-state index in [9.17, 15) is 0 Å². The number of nitrogens with one attached hydrogen (secondary N) is 1. The van der Waals surface area contributed by atoms with Crippen LogP contribution < -0.4 is 9.64 Å². The monoisotopic (exact) mass is 326 g/mol. The Balaban J connectivity index is 1.41. The molecule has 1 aliphatic heterocycles. The minimum atomic E-state index is 0.596. The predicted octanol–water partition coefficient (Wildman–Crippen LogP) is 2.82. The standard InChI is InChI=1S/C21H27NO2/c1-3-9-19(10-4-1)20-11-5-6-12-21(20)24-18-17-23-16-15-22-13-7-2-8-14-22/h1,3-6,9-12H,2,7-8,13-18H2/p+1. The highest BCUT2D eigenvalue weighted by atomic mass is 16.5. The molecule has 0 saturated carbocycles. The fourth-order valence-corrected chi connectivity index (χ4v) is 3.28. The first kappa shape index (κ1) is 17.0. The van der Waals surface area contributed by atoms with Crippen LogP contribution in [0.4, 0.5) is 0 Å². The fraction of sp³-hybridized carbons (Fsp3) is 0.429. The second-order valence-electron chi connectivity index (χ2n) is 6.38. The summed E-state index contributed by atoms with van der Waals surface area (Å²) in [5.41, 5.74) is 2.32. The van der Waals surface area contributed by atoms with Crippen molar-refractivity contribution in [2.24, 2.45) is 0 Å². The Morgan fingerprint density at radius 3 is 2.33 bits per heavy atom. The molecule has 3 nitrogen and oxygen atoms in total. The zero-order valence-electron chi connectivity index (χ0n) is 14.4. The van der Waals surface area contributed by atoms with Crippen molar-refractivity contribution < 1.29 is 14.4 Å². The van der Waals surface area contributed by atoms with Crippen LogP contribution in [0.5, 0.6) is 5.75 Å².